The van der Waals surface area contributed by atoms with Crippen molar-refractivity contribution < 1.29 is 23.4 Å². The molecule has 6 nitrogen and oxygen atoms in total. The van der Waals surface area contributed by atoms with Crippen molar-refractivity contribution in [3.05, 3.63) is 0 Å². The van der Waals surface area contributed by atoms with E-state index in [0.717, 1.165) is 0 Å². The lowest BCUT2D eigenvalue weighted by Gasteiger charge is -2.34. The number of aliphatic hydroxyl groups is 1. The third kappa shape index (κ3) is 6.35. The van der Waals surface area contributed by atoms with Crippen molar-refractivity contribution in [2.75, 3.05) is 25.1 Å². The molecule has 1 rings (SSSR count). The fourth-order valence-electron chi connectivity index (χ4n) is 2.36. The molecule has 0 spiro atoms. The van der Waals surface area contributed by atoms with Crippen molar-refractivity contribution in [1.29, 1.82) is 0 Å². The van der Waals surface area contributed by atoms with Crippen molar-refractivity contribution >= 4 is 15.8 Å². The maximum absolute atomic E-state index is 10.9. The Labute approximate surface area is 114 Å². The Morgan fingerprint density at radius 2 is 1.95 bits per heavy atom. The highest BCUT2D eigenvalue weighted by atomic mass is 32.2. The van der Waals surface area contributed by atoms with Crippen LogP contribution in [0.15, 0.2) is 0 Å². The molecule has 0 aromatic carbocycles. The summed E-state index contributed by atoms with van der Waals surface area (Å²) >= 11 is 0. The van der Waals surface area contributed by atoms with E-state index in [9.17, 15) is 18.3 Å². The van der Waals surface area contributed by atoms with Crippen molar-refractivity contribution in [3.8, 4) is 0 Å². The molecule has 1 fully saturated rings. The van der Waals surface area contributed by atoms with Gasteiger partial charge < -0.3 is 15.5 Å². The van der Waals surface area contributed by atoms with Crippen molar-refractivity contribution in [2.24, 2.45) is 5.92 Å². The molecule has 3 N–H and O–H groups in total. The number of aliphatic carboxylic acids is 1. The Bertz CT molecular complexity index is 398. The lowest BCUT2D eigenvalue weighted by atomic mass is 9.79. The first kappa shape index (κ1) is 16.4. The highest BCUT2D eigenvalue weighted by Crippen LogP contribution is 2.31. The summed E-state index contributed by atoms with van der Waals surface area (Å²) in [5.41, 5.74) is -0.850. The number of carbonyl (C=O) groups is 1. The molecule has 1 aliphatic carbocycles. The third-order valence-corrected chi connectivity index (χ3v) is 4.62. The van der Waals surface area contributed by atoms with Gasteiger partial charge in [0.1, 0.15) is 9.84 Å². The summed E-state index contributed by atoms with van der Waals surface area (Å²) in [6.07, 6.45) is 3.67. The minimum atomic E-state index is -2.93. The van der Waals surface area contributed by atoms with E-state index < -0.39 is 21.4 Å². The molecular formula is C12H23NO5S. The van der Waals surface area contributed by atoms with E-state index in [2.05, 4.69) is 5.32 Å². The summed E-state index contributed by atoms with van der Waals surface area (Å²) in [6, 6.07) is 0. The van der Waals surface area contributed by atoms with Gasteiger partial charge in [0.05, 0.1) is 17.3 Å². The molecule has 0 unspecified atom stereocenters. The van der Waals surface area contributed by atoms with Gasteiger partial charge in [0.25, 0.3) is 0 Å². The molecule has 1 aliphatic rings. The second-order valence-corrected chi connectivity index (χ2v) is 7.76. The second kappa shape index (κ2) is 6.67. The maximum atomic E-state index is 10.9. The van der Waals surface area contributed by atoms with Crippen LogP contribution in [-0.4, -0.2) is 55.3 Å². The summed E-state index contributed by atoms with van der Waals surface area (Å²) in [5, 5.41) is 22.2. The predicted octanol–water partition coefficient (Wildman–Crippen LogP) is 0.0166. The highest BCUT2D eigenvalue weighted by molar-refractivity contribution is 7.90. The Morgan fingerprint density at radius 3 is 2.42 bits per heavy atom. The molecule has 0 heterocycles. The second-order valence-electron chi connectivity index (χ2n) is 5.50. The molecule has 0 aliphatic heterocycles. The summed E-state index contributed by atoms with van der Waals surface area (Å²) in [5.74, 6) is -0.992. The van der Waals surface area contributed by atoms with Gasteiger partial charge >= 0.3 is 5.97 Å². The lowest BCUT2D eigenvalue weighted by molar-refractivity contribution is -0.144. The summed E-state index contributed by atoms with van der Waals surface area (Å²) in [4.78, 5) is 10.8. The van der Waals surface area contributed by atoms with Crippen LogP contribution < -0.4 is 5.32 Å². The van der Waals surface area contributed by atoms with Gasteiger partial charge in [0, 0.05) is 12.8 Å². The monoisotopic (exact) mass is 293 g/mol. The van der Waals surface area contributed by atoms with Gasteiger partial charge in [-0.2, -0.15) is 0 Å². The first-order valence-corrected chi connectivity index (χ1v) is 8.62. The zero-order chi connectivity index (χ0) is 14.5. The van der Waals surface area contributed by atoms with Crippen molar-refractivity contribution in [3.63, 3.8) is 0 Å². The first-order chi connectivity index (χ1) is 8.72. The van der Waals surface area contributed by atoms with Crippen LogP contribution in [0.5, 0.6) is 0 Å². The molecule has 0 atom stereocenters. The number of carboxylic acids is 1. The van der Waals surface area contributed by atoms with Crippen LogP contribution in [0.1, 0.15) is 32.1 Å². The molecule has 7 heteroatoms. The van der Waals surface area contributed by atoms with Crippen molar-refractivity contribution in [2.45, 2.75) is 37.7 Å². The summed E-state index contributed by atoms with van der Waals surface area (Å²) in [6.45, 7) is 0.931. The van der Waals surface area contributed by atoms with Gasteiger partial charge in [0.15, 0.2) is 0 Å². The molecule has 1 saturated carbocycles. The summed E-state index contributed by atoms with van der Waals surface area (Å²) in [7, 11) is -2.93. The molecule has 0 aromatic rings. The number of hydrogen-bond acceptors (Lipinski definition) is 5. The van der Waals surface area contributed by atoms with Gasteiger partial charge in [-0.3, -0.25) is 4.79 Å². The Balaban J connectivity index is 2.21. The smallest absolute Gasteiger partial charge is 0.306 e. The normalized spacial score (nSPS) is 28.2. The minimum Gasteiger partial charge on any atom is -0.481 e. The zero-order valence-electron chi connectivity index (χ0n) is 11.3. The van der Waals surface area contributed by atoms with Crippen LogP contribution in [0.25, 0.3) is 0 Å². The fraction of sp³-hybridized carbons (Fsp3) is 0.917. The molecular weight excluding hydrogens is 270 g/mol. The molecule has 0 bridgehead atoms. The van der Waals surface area contributed by atoms with E-state index in [1.165, 1.54) is 6.26 Å². The first-order valence-electron chi connectivity index (χ1n) is 6.55. The molecule has 0 aromatic heterocycles. The van der Waals surface area contributed by atoms with Crippen LogP contribution in [-0.2, 0) is 14.6 Å². The molecule has 0 radical (unpaired) electrons. The lowest BCUT2D eigenvalue weighted by Crippen LogP contribution is -2.44. The number of hydrogen-bond donors (Lipinski definition) is 3. The molecule has 112 valence electrons. The van der Waals surface area contributed by atoms with Crippen molar-refractivity contribution in [1.82, 2.24) is 5.32 Å². The average molecular weight is 293 g/mol. The quantitative estimate of drug-likeness (QED) is 0.572. The van der Waals surface area contributed by atoms with Gasteiger partial charge in [0.2, 0.25) is 0 Å². The van der Waals surface area contributed by atoms with E-state index in [4.69, 9.17) is 5.11 Å². The van der Waals surface area contributed by atoms with Gasteiger partial charge in [-0.1, -0.05) is 0 Å². The Kier molecular flexibility index (Phi) is 5.76. The third-order valence-electron chi connectivity index (χ3n) is 3.59. The van der Waals surface area contributed by atoms with Crippen LogP contribution in [0.2, 0.25) is 0 Å². The van der Waals surface area contributed by atoms with Crippen LogP contribution in [0, 0.1) is 5.92 Å². The number of carboxylic acid groups (broad SMARTS) is 1. The zero-order valence-corrected chi connectivity index (χ0v) is 12.1. The molecule has 0 amide bonds. The standard InChI is InChI=1S/C12H23NO5S/c1-19(17,18)8-2-7-13-9-12(16)5-3-10(4-6-12)11(14)15/h10,13,16H,2-9H2,1H3,(H,14,15). The number of nitrogens with one attached hydrogen (secondary N) is 1. The maximum Gasteiger partial charge on any atom is 0.306 e. The van der Waals surface area contributed by atoms with Crippen LogP contribution in [0.4, 0.5) is 0 Å². The van der Waals surface area contributed by atoms with Crippen LogP contribution >= 0.6 is 0 Å². The molecule has 19 heavy (non-hydrogen) atoms. The number of sulfone groups is 1. The van der Waals surface area contributed by atoms with E-state index in [1.54, 1.807) is 0 Å². The van der Waals surface area contributed by atoms with Gasteiger partial charge in [-0.15, -0.1) is 0 Å². The predicted molar refractivity (Wildman–Crippen MR) is 71.7 cm³/mol. The SMILES string of the molecule is CS(=O)(=O)CCCNCC1(O)CCC(C(=O)O)CC1. The average Bonchev–Trinajstić information content (AvgIpc) is 2.27. The topological polar surface area (TPSA) is 104 Å². The van der Waals surface area contributed by atoms with Gasteiger partial charge in [-0.05, 0) is 38.6 Å². The van der Waals surface area contributed by atoms with Gasteiger partial charge in [-0.25, -0.2) is 8.42 Å². The Hall–Kier alpha value is -0.660. The highest BCUT2D eigenvalue weighted by Gasteiger charge is 2.35. The summed E-state index contributed by atoms with van der Waals surface area (Å²) < 4.78 is 21.9. The van der Waals surface area contributed by atoms with E-state index in [-0.39, 0.29) is 11.7 Å². The molecule has 0 saturated heterocycles. The van der Waals surface area contributed by atoms with E-state index >= 15 is 0 Å². The fourth-order valence-corrected chi connectivity index (χ4v) is 3.03. The Morgan fingerprint density at radius 1 is 1.37 bits per heavy atom. The largest absolute Gasteiger partial charge is 0.481 e. The van der Waals surface area contributed by atoms with E-state index in [0.29, 0.717) is 45.2 Å². The van der Waals surface area contributed by atoms with E-state index in [1.807, 2.05) is 0 Å². The van der Waals surface area contributed by atoms with Crippen LogP contribution in [0.3, 0.4) is 0 Å². The number of rotatable bonds is 7. The minimum absolute atomic E-state index is 0.138.